The number of aliphatic hydroxyl groups excluding tert-OH is 2. The highest BCUT2D eigenvalue weighted by Gasteiger charge is 2.26. The van der Waals surface area contributed by atoms with Gasteiger partial charge in [0.05, 0.1) is 30.1 Å². The summed E-state index contributed by atoms with van der Waals surface area (Å²) in [6.45, 7) is 6.50. The van der Waals surface area contributed by atoms with Gasteiger partial charge >= 0.3 is 0 Å². The first kappa shape index (κ1) is 25.5. The van der Waals surface area contributed by atoms with Gasteiger partial charge in [0.25, 0.3) is 5.91 Å². The summed E-state index contributed by atoms with van der Waals surface area (Å²) in [6.07, 6.45) is 1.65. The van der Waals surface area contributed by atoms with Gasteiger partial charge in [-0.1, -0.05) is 26.8 Å². The number of aliphatic hydroxyl groups is 2. The number of pyridine rings is 1. The Labute approximate surface area is 199 Å². The van der Waals surface area contributed by atoms with Crippen LogP contribution in [0.3, 0.4) is 0 Å². The van der Waals surface area contributed by atoms with E-state index >= 15 is 0 Å². The average molecular weight is 469 g/mol. The standard InChI is InChI=1S/C26H33FN4O3/c1-4-21(32)15-22(33)12-14-31-24(17(2)3)23(26(34)29-16-20-7-5-6-13-28-20)30-25(31)18-8-10-19(27)11-9-18/h5-11,13,17,21-22,32-33H,4,12,14-16H2,1-3H3,(H,29,34). The van der Waals surface area contributed by atoms with Crippen LogP contribution in [-0.4, -0.2) is 42.9 Å². The van der Waals surface area contributed by atoms with Crippen molar-refractivity contribution in [3.63, 3.8) is 0 Å². The van der Waals surface area contributed by atoms with Crippen LogP contribution in [0.2, 0.25) is 0 Å². The third kappa shape index (κ3) is 6.48. The SMILES string of the molecule is CCC(O)CC(O)CCn1c(-c2ccc(F)cc2)nc(C(=O)NCc2ccccn2)c1C(C)C. The van der Waals surface area contributed by atoms with Crippen LogP contribution < -0.4 is 5.32 Å². The van der Waals surface area contributed by atoms with Gasteiger partial charge < -0.3 is 20.1 Å². The van der Waals surface area contributed by atoms with E-state index in [0.29, 0.717) is 36.5 Å². The van der Waals surface area contributed by atoms with Crippen LogP contribution in [-0.2, 0) is 13.1 Å². The van der Waals surface area contributed by atoms with Crippen molar-refractivity contribution in [1.82, 2.24) is 19.9 Å². The Morgan fingerprint density at radius 2 is 1.85 bits per heavy atom. The van der Waals surface area contributed by atoms with Gasteiger partial charge in [0.1, 0.15) is 17.3 Å². The molecule has 34 heavy (non-hydrogen) atoms. The Balaban J connectivity index is 1.94. The maximum atomic E-state index is 13.6. The Morgan fingerprint density at radius 3 is 2.47 bits per heavy atom. The van der Waals surface area contributed by atoms with Crippen molar-refractivity contribution >= 4 is 5.91 Å². The Kier molecular flexibility index (Phi) is 8.90. The maximum Gasteiger partial charge on any atom is 0.272 e. The molecule has 0 saturated carbocycles. The molecule has 2 atom stereocenters. The zero-order valence-corrected chi connectivity index (χ0v) is 19.9. The molecule has 0 fully saturated rings. The van der Waals surface area contributed by atoms with Crippen LogP contribution in [0, 0.1) is 5.82 Å². The van der Waals surface area contributed by atoms with Gasteiger partial charge in [-0.25, -0.2) is 9.37 Å². The lowest BCUT2D eigenvalue weighted by molar-refractivity contribution is 0.0711. The molecule has 0 radical (unpaired) electrons. The van der Waals surface area contributed by atoms with E-state index in [1.165, 1.54) is 12.1 Å². The smallest absolute Gasteiger partial charge is 0.272 e. The number of carbonyl (C=O) groups excluding carboxylic acids is 1. The van der Waals surface area contributed by atoms with Crippen LogP contribution >= 0.6 is 0 Å². The molecule has 2 aromatic heterocycles. The Hall–Kier alpha value is -3.10. The van der Waals surface area contributed by atoms with E-state index in [4.69, 9.17) is 0 Å². The summed E-state index contributed by atoms with van der Waals surface area (Å²) >= 11 is 0. The predicted molar refractivity (Wildman–Crippen MR) is 129 cm³/mol. The number of aromatic nitrogens is 3. The Bertz CT molecular complexity index is 1070. The second-order valence-corrected chi connectivity index (χ2v) is 8.73. The van der Waals surface area contributed by atoms with Crippen LogP contribution in [0.4, 0.5) is 4.39 Å². The maximum absolute atomic E-state index is 13.6. The summed E-state index contributed by atoms with van der Waals surface area (Å²) in [5.41, 5.74) is 2.45. The van der Waals surface area contributed by atoms with E-state index in [-0.39, 0.29) is 30.6 Å². The molecular formula is C26H33FN4O3. The third-order valence-corrected chi connectivity index (χ3v) is 5.73. The first-order valence-electron chi connectivity index (χ1n) is 11.7. The van der Waals surface area contributed by atoms with Crippen molar-refractivity contribution in [3.05, 3.63) is 71.6 Å². The highest BCUT2D eigenvalue weighted by Crippen LogP contribution is 2.29. The zero-order valence-electron chi connectivity index (χ0n) is 19.9. The molecular weight excluding hydrogens is 435 g/mol. The molecule has 7 nitrogen and oxygen atoms in total. The molecule has 2 heterocycles. The Morgan fingerprint density at radius 1 is 1.12 bits per heavy atom. The summed E-state index contributed by atoms with van der Waals surface area (Å²) in [6, 6.07) is 11.5. The molecule has 0 aliphatic heterocycles. The van der Waals surface area contributed by atoms with Gasteiger partial charge in [-0.05, 0) is 61.6 Å². The predicted octanol–water partition coefficient (Wildman–Crippen LogP) is 4.05. The van der Waals surface area contributed by atoms with Crippen molar-refractivity contribution in [2.75, 3.05) is 0 Å². The van der Waals surface area contributed by atoms with E-state index < -0.39 is 12.2 Å². The molecule has 0 aliphatic rings. The van der Waals surface area contributed by atoms with Crippen LogP contribution in [0.25, 0.3) is 11.4 Å². The van der Waals surface area contributed by atoms with Gasteiger partial charge in [-0.15, -0.1) is 0 Å². The van der Waals surface area contributed by atoms with E-state index in [9.17, 15) is 19.4 Å². The molecule has 8 heteroatoms. The first-order valence-corrected chi connectivity index (χ1v) is 11.7. The molecule has 182 valence electrons. The summed E-state index contributed by atoms with van der Waals surface area (Å²) in [5, 5.41) is 23.2. The minimum absolute atomic E-state index is 0.0318. The molecule has 3 aromatic rings. The number of halogens is 1. The lowest BCUT2D eigenvalue weighted by Gasteiger charge is -2.18. The van der Waals surface area contributed by atoms with Crippen LogP contribution in [0.15, 0.2) is 48.7 Å². The van der Waals surface area contributed by atoms with E-state index in [1.807, 2.05) is 43.5 Å². The number of amides is 1. The highest BCUT2D eigenvalue weighted by atomic mass is 19.1. The van der Waals surface area contributed by atoms with E-state index in [2.05, 4.69) is 15.3 Å². The summed E-state index contributed by atoms with van der Waals surface area (Å²) in [7, 11) is 0. The fraction of sp³-hybridized carbons (Fsp3) is 0.423. The molecule has 2 unspecified atom stereocenters. The topological polar surface area (TPSA) is 100 Å². The number of hydrogen-bond acceptors (Lipinski definition) is 5. The molecule has 3 rings (SSSR count). The van der Waals surface area contributed by atoms with Crippen LogP contribution in [0.5, 0.6) is 0 Å². The minimum atomic E-state index is -0.695. The van der Waals surface area contributed by atoms with Crippen molar-refractivity contribution < 1.29 is 19.4 Å². The monoisotopic (exact) mass is 468 g/mol. The third-order valence-electron chi connectivity index (χ3n) is 5.73. The summed E-state index contributed by atoms with van der Waals surface area (Å²) in [5.74, 6) is -0.174. The van der Waals surface area contributed by atoms with Crippen molar-refractivity contribution in [2.45, 2.75) is 71.2 Å². The van der Waals surface area contributed by atoms with Gasteiger partial charge in [0.2, 0.25) is 0 Å². The van der Waals surface area contributed by atoms with Gasteiger partial charge in [0, 0.05) is 18.3 Å². The summed E-state index contributed by atoms with van der Waals surface area (Å²) in [4.78, 5) is 22.1. The quantitative estimate of drug-likeness (QED) is 0.394. The summed E-state index contributed by atoms with van der Waals surface area (Å²) < 4.78 is 15.5. The average Bonchev–Trinajstić information content (AvgIpc) is 3.22. The highest BCUT2D eigenvalue weighted by molar-refractivity contribution is 5.94. The number of hydrogen-bond donors (Lipinski definition) is 3. The second-order valence-electron chi connectivity index (χ2n) is 8.73. The molecule has 0 aliphatic carbocycles. The lowest BCUT2D eigenvalue weighted by Crippen LogP contribution is -2.25. The number of benzene rings is 1. The number of imidazole rings is 1. The number of rotatable bonds is 11. The number of carbonyl (C=O) groups is 1. The molecule has 0 bridgehead atoms. The van der Waals surface area contributed by atoms with Crippen LogP contribution in [0.1, 0.15) is 67.8 Å². The normalized spacial score (nSPS) is 13.1. The number of nitrogens with zero attached hydrogens (tertiary/aromatic N) is 3. The van der Waals surface area contributed by atoms with E-state index in [1.54, 1.807) is 18.3 Å². The minimum Gasteiger partial charge on any atom is -0.393 e. The largest absolute Gasteiger partial charge is 0.393 e. The first-order chi connectivity index (χ1) is 16.3. The molecule has 1 aromatic carbocycles. The van der Waals surface area contributed by atoms with Crippen molar-refractivity contribution in [1.29, 1.82) is 0 Å². The molecule has 0 saturated heterocycles. The van der Waals surface area contributed by atoms with Gasteiger partial charge in [-0.3, -0.25) is 9.78 Å². The van der Waals surface area contributed by atoms with Crippen molar-refractivity contribution in [3.8, 4) is 11.4 Å². The van der Waals surface area contributed by atoms with E-state index in [0.717, 1.165) is 11.4 Å². The fourth-order valence-corrected chi connectivity index (χ4v) is 3.90. The zero-order chi connectivity index (χ0) is 24.7. The molecule has 3 N–H and O–H groups in total. The second kappa shape index (κ2) is 11.9. The molecule has 1 amide bonds. The van der Waals surface area contributed by atoms with Gasteiger partial charge in [-0.2, -0.15) is 0 Å². The van der Waals surface area contributed by atoms with Crippen molar-refractivity contribution in [2.24, 2.45) is 0 Å². The lowest BCUT2D eigenvalue weighted by atomic mass is 10.1. The van der Waals surface area contributed by atoms with Gasteiger partial charge in [0.15, 0.2) is 0 Å². The number of nitrogens with one attached hydrogen (secondary N) is 1. The molecule has 0 spiro atoms. The fourth-order valence-electron chi connectivity index (χ4n) is 3.90.